The zero-order valence-corrected chi connectivity index (χ0v) is 19.0. The van der Waals surface area contributed by atoms with Crippen LogP contribution in [0.1, 0.15) is 113 Å². The van der Waals surface area contributed by atoms with E-state index in [9.17, 15) is 9.59 Å². The van der Waals surface area contributed by atoms with E-state index in [1.54, 1.807) is 41.5 Å². The predicted molar refractivity (Wildman–Crippen MR) is 108 cm³/mol. The number of hydrogen-bond acceptors (Lipinski definition) is 7. The van der Waals surface area contributed by atoms with Gasteiger partial charge >= 0.3 is 11.9 Å². The lowest BCUT2D eigenvalue weighted by Gasteiger charge is -2.18. The highest BCUT2D eigenvalue weighted by Gasteiger charge is 2.25. The first kappa shape index (κ1) is 29.0. The van der Waals surface area contributed by atoms with Gasteiger partial charge in [0.2, 0.25) is 0 Å². The summed E-state index contributed by atoms with van der Waals surface area (Å²) in [4.78, 5) is 34.4. The van der Waals surface area contributed by atoms with Crippen LogP contribution in [-0.2, 0) is 29.3 Å². The van der Waals surface area contributed by atoms with Crippen molar-refractivity contribution in [3.05, 3.63) is 0 Å². The lowest BCUT2D eigenvalue weighted by molar-refractivity contribution is -0.516. The molecule has 0 unspecified atom stereocenters. The summed E-state index contributed by atoms with van der Waals surface area (Å²) in [5, 5.41) is 12.3. The Morgan fingerprint density at radius 1 is 0.786 bits per heavy atom. The van der Waals surface area contributed by atoms with Crippen LogP contribution in [0.15, 0.2) is 0 Å². The summed E-state index contributed by atoms with van der Waals surface area (Å²) < 4.78 is 0. The van der Waals surface area contributed by atoms with Crippen molar-refractivity contribution in [3.63, 3.8) is 0 Å². The molecule has 7 nitrogen and oxygen atoms in total. The average Bonchev–Trinajstić information content (AvgIpc) is 2.58. The van der Waals surface area contributed by atoms with Gasteiger partial charge in [-0.2, -0.15) is 10.1 Å². The Hall–Kier alpha value is -1.18. The first-order valence-corrected chi connectivity index (χ1v) is 10.3. The fraction of sp³-hybridized carbons (Fsp3) is 0.905. The molecule has 0 aliphatic carbocycles. The van der Waals surface area contributed by atoms with Crippen molar-refractivity contribution in [2.75, 3.05) is 0 Å². The normalized spacial score (nSPS) is 11.4. The van der Waals surface area contributed by atoms with Crippen LogP contribution in [0.25, 0.3) is 0 Å². The van der Waals surface area contributed by atoms with Gasteiger partial charge < -0.3 is 4.89 Å². The zero-order chi connectivity index (χ0) is 22.1. The van der Waals surface area contributed by atoms with Gasteiger partial charge in [0, 0.05) is 6.42 Å². The van der Waals surface area contributed by atoms with E-state index >= 15 is 0 Å². The Labute approximate surface area is 170 Å². The quantitative estimate of drug-likeness (QED) is 0.236. The zero-order valence-electron chi connectivity index (χ0n) is 19.0. The topological polar surface area (TPSA) is 91.3 Å². The van der Waals surface area contributed by atoms with E-state index in [2.05, 4.69) is 21.7 Å². The molecule has 0 saturated carbocycles. The minimum absolute atomic E-state index is 0.340. The van der Waals surface area contributed by atoms with Crippen LogP contribution in [0.4, 0.5) is 0 Å². The van der Waals surface area contributed by atoms with Gasteiger partial charge in [0.25, 0.3) is 0 Å². The molecule has 0 fully saturated rings. The molecule has 0 rings (SSSR count). The van der Waals surface area contributed by atoms with Crippen LogP contribution in [-0.4, -0.2) is 22.8 Å². The number of unbranched alkanes of at least 4 members (excludes halogenated alkanes) is 8. The van der Waals surface area contributed by atoms with Crippen LogP contribution in [0.3, 0.4) is 0 Å². The Morgan fingerprint density at radius 3 is 1.64 bits per heavy atom. The molecule has 1 N–H and O–H groups in total. The molecule has 0 heterocycles. The number of hydrogen-bond donors (Lipinski definition) is 1. The molecule has 0 saturated heterocycles. The molecule has 0 aliphatic heterocycles. The summed E-state index contributed by atoms with van der Waals surface area (Å²) in [5.74, 6) is -0.977. The second-order valence-corrected chi connectivity index (χ2v) is 8.93. The van der Waals surface area contributed by atoms with Crippen LogP contribution in [0.5, 0.6) is 0 Å². The predicted octanol–water partition coefficient (Wildman–Crippen LogP) is 6.16. The summed E-state index contributed by atoms with van der Waals surface area (Å²) in [6.45, 7) is 12.8. The standard InChI is InChI=1S/C12H24O3.C9H18O4/c1-2-3-4-5-6-7-8-9-10-11-12(13)15-14;1-8(2,3)7(10)11-13-12-9(4,5)6/h14H,2-11H2,1H3;1-6H3. The first-order valence-electron chi connectivity index (χ1n) is 10.3. The summed E-state index contributed by atoms with van der Waals surface area (Å²) in [6.07, 6.45) is 11.3. The molecule has 0 aromatic heterocycles. The molecule has 28 heavy (non-hydrogen) atoms. The van der Waals surface area contributed by atoms with Gasteiger partial charge in [0.05, 0.1) is 11.0 Å². The summed E-state index contributed by atoms with van der Waals surface area (Å²) >= 11 is 0. The molecule has 0 aliphatic rings. The second kappa shape index (κ2) is 16.7. The van der Waals surface area contributed by atoms with E-state index in [1.807, 2.05) is 0 Å². The SMILES string of the molecule is CC(C)(C)OOOC(=O)C(C)(C)C.CCCCCCCCCCCC(=O)OO. The van der Waals surface area contributed by atoms with Crippen LogP contribution >= 0.6 is 0 Å². The Bertz CT molecular complexity index is 395. The van der Waals surface area contributed by atoms with E-state index in [4.69, 9.17) is 10.1 Å². The van der Waals surface area contributed by atoms with Crippen molar-refractivity contribution in [1.82, 2.24) is 0 Å². The molecule has 0 amide bonds. The molecule has 0 atom stereocenters. The molecule has 168 valence electrons. The highest BCUT2D eigenvalue weighted by Crippen LogP contribution is 2.16. The third-order valence-corrected chi connectivity index (χ3v) is 3.59. The van der Waals surface area contributed by atoms with Gasteiger partial charge in [0.1, 0.15) is 0 Å². The minimum atomic E-state index is -0.582. The van der Waals surface area contributed by atoms with Crippen molar-refractivity contribution >= 4 is 11.9 Å². The maximum absolute atomic E-state index is 11.1. The smallest absolute Gasteiger partial charge is 0.301 e. The van der Waals surface area contributed by atoms with Gasteiger partial charge in [0.15, 0.2) is 0 Å². The largest absolute Gasteiger partial charge is 0.350 e. The maximum Gasteiger partial charge on any atom is 0.350 e. The fourth-order valence-corrected chi connectivity index (χ4v) is 1.90. The third-order valence-electron chi connectivity index (χ3n) is 3.59. The fourth-order valence-electron chi connectivity index (χ4n) is 1.90. The van der Waals surface area contributed by atoms with Crippen molar-refractivity contribution in [2.45, 2.75) is 118 Å². The van der Waals surface area contributed by atoms with Crippen LogP contribution in [0, 0.1) is 5.41 Å². The molecule has 0 bridgehead atoms. The number of carbonyl (C=O) groups excluding carboxylic acids is 2. The van der Waals surface area contributed by atoms with E-state index in [0.717, 1.165) is 12.8 Å². The monoisotopic (exact) mass is 406 g/mol. The first-order chi connectivity index (χ1) is 12.9. The molecule has 0 aromatic rings. The van der Waals surface area contributed by atoms with Gasteiger partial charge in [-0.15, -0.1) is 0 Å². The highest BCUT2D eigenvalue weighted by atomic mass is 17.5. The van der Waals surface area contributed by atoms with Gasteiger partial charge in [-0.3, -0.25) is 4.89 Å². The highest BCUT2D eigenvalue weighted by molar-refractivity contribution is 5.74. The lowest BCUT2D eigenvalue weighted by Crippen LogP contribution is -2.26. The van der Waals surface area contributed by atoms with Gasteiger partial charge in [-0.05, 0) is 53.0 Å². The van der Waals surface area contributed by atoms with Crippen molar-refractivity contribution in [1.29, 1.82) is 0 Å². The van der Waals surface area contributed by atoms with Crippen molar-refractivity contribution < 1.29 is 34.5 Å². The average molecular weight is 407 g/mol. The minimum Gasteiger partial charge on any atom is -0.301 e. The van der Waals surface area contributed by atoms with E-state index in [-0.39, 0.29) is 0 Å². The molecule has 0 radical (unpaired) electrons. The number of rotatable bonds is 12. The Balaban J connectivity index is 0. The van der Waals surface area contributed by atoms with Crippen molar-refractivity contribution in [3.8, 4) is 0 Å². The summed E-state index contributed by atoms with van der Waals surface area (Å²) in [5.41, 5.74) is -1.07. The van der Waals surface area contributed by atoms with Gasteiger partial charge in [-0.1, -0.05) is 58.3 Å². The Kier molecular flexibility index (Phi) is 17.4. The van der Waals surface area contributed by atoms with Crippen LogP contribution < -0.4 is 0 Å². The van der Waals surface area contributed by atoms with Gasteiger partial charge in [-0.25, -0.2) is 9.59 Å². The second-order valence-electron chi connectivity index (χ2n) is 8.93. The maximum atomic E-state index is 11.1. The molecular formula is C21H42O7. The number of carbonyl (C=O) groups is 2. The van der Waals surface area contributed by atoms with E-state index in [1.165, 1.54) is 44.9 Å². The van der Waals surface area contributed by atoms with Crippen molar-refractivity contribution in [2.24, 2.45) is 5.41 Å². The Morgan fingerprint density at radius 2 is 1.25 bits per heavy atom. The summed E-state index contributed by atoms with van der Waals surface area (Å²) in [7, 11) is 0. The third kappa shape index (κ3) is 22.9. The molecular weight excluding hydrogens is 364 g/mol. The van der Waals surface area contributed by atoms with E-state index in [0.29, 0.717) is 6.42 Å². The molecule has 7 heteroatoms. The lowest BCUT2D eigenvalue weighted by atomic mass is 9.98. The van der Waals surface area contributed by atoms with Crippen LogP contribution in [0.2, 0.25) is 0 Å². The van der Waals surface area contributed by atoms with E-state index < -0.39 is 23.0 Å². The summed E-state index contributed by atoms with van der Waals surface area (Å²) in [6, 6.07) is 0. The molecule has 0 spiro atoms. The molecule has 0 aromatic carbocycles.